The Balaban J connectivity index is 1.52. The van der Waals surface area contributed by atoms with Crippen LogP contribution in [0, 0.1) is 0 Å². The van der Waals surface area contributed by atoms with Crippen LogP contribution in [-0.4, -0.2) is 28.8 Å². The summed E-state index contributed by atoms with van der Waals surface area (Å²) in [6.07, 6.45) is 4.78. The summed E-state index contributed by atoms with van der Waals surface area (Å²) in [6.45, 7) is 0.238. The van der Waals surface area contributed by atoms with Gasteiger partial charge in [-0.15, -0.1) is 0 Å². The zero-order chi connectivity index (χ0) is 29.3. The quantitative estimate of drug-likeness (QED) is 0.189. The minimum Gasteiger partial charge on any atom is -0.352 e. The van der Waals surface area contributed by atoms with Crippen LogP contribution in [0.4, 0.5) is 0 Å². The van der Waals surface area contributed by atoms with Crippen LogP contribution in [0.3, 0.4) is 0 Å². The van der Waals surface area contributed by atoms with E-state index in [9.17, 15) is 9.59 Å². The molecule has 0 heterocycles. The second-order valence-corrected chi connectivity index (χ2v) is 11.9. The monoisotopic (exact) mass is 598 g/mol. The third-order valence-corrected chi connectivity index (χ3v) is 8.83. The Morgan fingerprint density at radius 2 is 1.31 bits per heavy atom. The Kier molecular flexibility index (Phi) is 10.3. The van der Waals surface area contributed by atoms with Crippen molar-refractivity contribution in [1.82, 2.24) is 10.2 Å². The van der Waals surface area contributed by atoms with Crippen molar-refractivity contribution in [1.29, 1.82) is 0 Å². The molecule has 2 amide bonds. The summed E-state index contributed by atoms with van der Waals surface area (Å²) in [6, 6.07) is 34.9. The summed E-state index contributed by atoms with van der Waals surface area (Å²) in [5, 5.41) is 4.15. The van der Waals surface area contributed by atoms with Crippen molar-refractivity contribution in [3.05, 3.63) is 141 Å². The largest absolute Gasteiger partial charge is 0.352 e. The molecule has 5 rings (SSSR count). The highest BCUT2D eigenvalue weighted by atomic mass is 35.5. The summed E-state index contributed by atoms with van der Waals surface area (Å²) in [5.41, 5.74) is 3.93. The van der Waals surface area contributed by atoms with Gasteiger partial charge >= 0.3 is 0 Å². The van der Waals surface area contributed by atoms with Crippen LogP contribution in [0.25, 0.3) is 0 Å². The van der Waals surface area contributed by atoms with Gasteiger partial charge in [0.15, 0.2) is 0 Å². The fourth-order valence-electron chi connectivity index (χ4n) is 5.85. The molecule has 0 spiro atoms. The molecule has 6 heteroatoms. The van der Waals surface area contributed by atoms with Gasteiger partial charge in [0, 0.05) is 31.3 Å². The number of halogens is 2. The Morgan fingerprint density at radius 1 is 0.738 bits per heavy atom. The zero-order valence-corrected chi connectivity index (χ0v) is 25.1. The smallest absolute Gasteiger partial charge is 0.243 e. The summed E-state index contributed by atoms with van der Waals surface area (Å²) >= 11 is 12.6. The van der Waals surface area contributed by atoms with Gasteiger partial charge in [0.25, 0.3) is 0 Å². The highest BCUT2D eigenvalue weighted by molar-refractivity contribution is 6.42. The SMILES string of the molecule is O=C(NC1CCCC1)C(Cc1ccccc1)N(Cc1ccc(Cl)c(Cl)c1)C(=O)CC(c1ccccc1)c1ccccc1. The maximum Gasteiger partial charge on any atom is 0.243 e. The van der Waals surface area contributed by atoms with Gasteiger partial charge in [0.1, 0.15) is 6.04 Å². The van der Waals surface area contributed by atoms with Crippen LogP contribution in [0.2, 0.25) is 10.0 Å². The number of rotatable bonds is 11. The molecule has 0 aromatic heterocycles. The highest BCUT2D eigenvalue weighted by Crippen LogP contribution is 2.31. The van der Waals surface area contributed by atoms with Crippen molar-refractivity contribution in [2.45, 2.75) is 63.1 Å². The molecule has 0 radical (unpaired) electrons. The lowest BCUT2D eigenvalue weighted by molar-refractivity contribution is -0.141. The van der Waals surface area contributed by atoms with E-state index in [2.05, 4.69) is 29.6 Å². The minimum absolute atomic E-state index is 0.0960. The predicted octanol–water partition coefficient (Wildman–Crippen LogP) is 8.21. The van der Waals surface area contributed by atoms with Gasteiger partial charge in [-0.25, -0.2) is 0 Å². The molecule has 1 fully saturated rings. The van der Waals surface area contributed by atoms with E-state index in [1.54, 1.807) is 17.0 Å². The lowest BCUT2D eigenvalue weighted by atomic mass is 9.87. The van der Waals surface area contributed by atoms with E-state index in [4.69, 9.17) is 23.2 Å². The summed E-state index contributed by atoms with van der Waals surface area (Å²) in [4.78, 5) is 30.3. The first-order chi connectivity index (χ1) is 20.5. The topological polar surface area (TPSA) is 49.4 Å². The number of benzene rings is 4. The Bertz CT molecular complexity index is 1420. The number of hydrogen-bond acceptors (Lipinski definition) is 2. The average Bonchev–Trinajstić information content (AvgIpc) is 3.53. The van der Waals surface area contributed by atoms with E-state index in [0.717, 1.165) is 47.9 Å². The van der Waals surface area contributed by atoms with Gasteiger partial charge in [0.2, 0.25) is 11.8 Å². The van der Waals surface area contributed by atoms with Crippen molar-refractivity contribution in [2.75, 3.05) is 0 Å². The van der Waals surface area contributed by atoms with Crippen LogP contribution in [0.5, 0.6) is 0 Å². The van der Waals surface area contributed by atoms with E-state index < -0.39 is 6.04 Å². The molecule has 216 valence electrons. The predicted molar refractivity (Wildman–Crippen MR) is 171 cm³/mol. The Hall–Kier alpha value is -3.60. The van der Waals surface area contributed by atoms with E-state index in [0.29, 0.717) is 16.5 Å². The van der Waals surface area contributed by atoms with Gasteiger partial charge < -0.3 is 10.2 Å². The first-order valence-corrected chi connectivity index (χ1v) is 15.4. The molecule has 0 bridgehead atoms. The van der Waals surface area contributed by atoms with E-state index in [-0.39, 0.29) is 36.7 Å². The zero-order valence-electron chi connectivity index (χ0n) is 23.6. The Labute approximate surface area is 258 Å². The van der Waals surface area contributed by atoms with Crippen LogP contribution >= 0.6 is 23.2 Å². The third-order valence-electron chi connectivity index (χ3n) is 8.09. The molecular weight excluding hydrogens is 563 g/mol. The standard InChI is InChI=1S/C36H36Cl2N2O2/c37-32-21-20-27(22-33(32)38)25-40(34(23-26-12-4-1-5-13-26)36(42)39-30-18-10-11-19-30)35(41)24-31(28-14-6-2-7-15-28)29-16-8-3-9-17-29/h1-9,12-17,20-22,30-31,34H,10-11,18-19,23-25H2,(H,39,42). The highest BCUT2D eigenvalue weighted by Gasteiger charge is 2.33. The molecule has 4 aromatic carbocycles. The second-order valence-electron chi connectivity index (χ2n) is 11.0. The van der Waals surface area contributed by atoms with Crippen molar-refractivity contribution < 1.29 is 9.59 Å². The lowest BCUT2D eigenvalue weighted by Gasteiger charge is -2.33. The first kappa shape index (κ1) is 29.9. The van der Waals surface area contributed by atoms with Crippen molar-refractivity contribution in [3.63, 3.8) is 0 Å². The number of carbonyl (C=O) groups is 2. The number of hydrogen-bond donors (Lipinski definition) is 1. The van der Waals surface area contributed by atoms with Crippen LogP contribution in [0.1, 0.15) is 60.3 Å². The van der Waals surface area contributed by atoms with Gasteiger partial charge in [-0.05, 0) is 47.2 Å². The molecule has 0 aliphatic heterocycles. The van der Waals surface area contributed by atoms with Crippen LogP contribution in [-0.2, 0) is 22.6 Å². The first-order valence-electron chi connectivity index (χ1n) is 14.7. The fourth-order valence-corrected chi connectivity index (χ4v) is 6.17. The maximum atomic E-state index is 14.5. The molecular formula is C36H36Cl2N2O2. The normalized spacial score (nSPS) is 14.1. The molecule has 1 aliphatic carbocycles. The van der Waals surface area contributed by atoms with Gasteiger partial charge in [-0.2, -0.15) is 0 Å². The number of carbonyl (C=O) groups excluding carboxylic acids is 2. The summed E-state index contributed by atoms with van der Waals surface area (Å²) in [5.74, 6) is -0.372. The van der Waals surface area contributed by atoms with Crippen LogP contribution in [0.15, 0.2) is 109 Å². The summed E-state index contributed by atoms with van der Waals surface area (Å²) in [7, 11) is 0. The molecule has 1 atom stereocenters. The molecule has 0 saturated heterocycles. The molecule has 42 heavy (non-hydrogen) atoms. The molecule has 1 aliphatic rings. The van der Waals surface area contributed by atoms with Crippen LogP contribution < -0.4 is 5.32 Å². The molecule has 4 nitrogen and oxygen atoms in total. The fraction of sp³-hybridized carbons (Fsp3) is 0.278. The third kappa shape index (κ3) is 7.81. The molecule has 4 aromatic rings. The number of amides is 2. The lowest BCUT2D eigenvalue weighted by Crippen LogP contribution is -2.52. The minimum atomic E-state index is -0.692. The number of nitrogens with zero attached hydrogens (tertiary/aromatic N) is 1. The molecule has 1 unspecified atom stereocenters. The second kappa shape index (κ2) is 14.5. The molecule has 1 N–H and O–H groups in total. The van der Waals surface area contributed by atoms with Crippen molar-refractivity contribution in [2.24, 2.45) is 0 Å². The van der Waals surface area contributed by atoms with E-state index in [1.165, 1.54) is 0 Å². The average molecular weight is 600 g/mol. The van der Waals surface area contributed by atoms with E-state index in [1.807, 2.05) is 72.8 Å². The summed E-state index contributed by atoms with van der Waals surface area (Å²) < 4.78 is 0. The molecule has 1 saturated carbocycles. The van der Waals surface area contributed by atoms with Gasteiger partial charge in [-0.3, -0.25) is 9.59 Å². The maximum absolute atomic E-state index is 14.5. The van der Waals surface area contributed by atoms with Gasteiger partial charge in [-0.1, -0.05) is 133 Å². The van der Waals surface area contributed by atoms with Crippen molar-refractivity contribution in [3.8, 4) is 0 Å². The van der Waals surface area contributed by atoms with Crippen molar-refractivity contribution >= 4 is 35.0 Å². The Morgan fingerprint density at radius 3 is 1.88 bits per heavy atom. The number of nitrogens with one attached hydrogen (secondary N) is 1. The van der Waals surface area contributed by atoms with Gasteiger partial charge in [0.05, 0.1) is 10.0 Å². The van der Waals surface area contributed by atoms with E-state index >= 15 is 0 Å².